The number of fused-ring (bicyclic) bond motifs is 1. The fourth-order valence-corrected chi connectivity index (χ4v) is 4.68. The number of anilines is 1. The van der Waals surface area contributed by atoms with Crippen LogP contribution in [0.4, 0.5) is 10.1 Å². The summed E-state index contributed by atoms with van der Waals surface area (Å²) in [5.41, 5.74) is 0.433. The zero-order chi connectivity index (χ0) is 25.6. The lowest BCUT2D eigenvalue weighted by molar-refractivity contribution is -0.139. The number of carbonyl (C=O) groups excluding carboxylic acids is 2. The molecule has 1 heterocycles. The average Bonchev–Trinajstić information content (AvgIpc) is 2.86. The highest BCUT2D eigenvalue weighted by Gasteiger charge is 2.31. The second-order valence-corrected chi connectivity index (χ2v) is 10.1. The van der Waals surface area contributed by atoms with E-state index in [0.717, 1.165) is 4.31 Å². The van der Waals surface area contributed by atoms with E-state index in [0.29, 0.717) is 31.3 Å². The summed E-state index contributed by atoms with van der Waals surface area (Å²) >= 11 is 0. The van der Waals surface area contributed by atoms with Gasteiger partial charge in [-0.25, -0.2) is 12.8 Å². The van der Waals surface area contributed by atoms with Gasteiger partial charge in [-0.3, -0.25) is 13.9 Å². The monoisotopic (exact) mass is 507 g/mol. The summed E-state index contributed by atoms with van der Waals surface area (Å²) in [6.45, 7) is 5.00. The largest absolute Gasteiger partial charge is 0.486 e. The molecule has 0 radical (unpaired) electrons. The van der Waals surface area contributed by atoms with Gasteiger partial charge in [0.15, 0.2) is 11.5 Å². The predicted molar refractivity (Wildman–Crippen MR) is 129 cm³/mol. The van der Waals surface area contributed by atoms with E-state index in [-0.39, 0.29) is 23.5 Å². The summed E-state index contributed by atoms with van der Waals surface area (Å²) in [6.07, 6.45) is 0. The van der Waals surface area contributed by atoms with Crippen molar-refractivity contribution in [1.82, 2.24) is 10.2 Å². The van der Waals surface area contributed by atoms with Crippen molar-refractivity contribution in [2.75, 3.05) is 36.4 Å². The Morgan fingerprint density at radius 3 is 2.43 bits per heavy atom. The van der Waals surface area contributed by atoms with Crippen LogP contribution >= 0.6 is 0 Å². The average molecular weight is 508 g/mol. The molecule has 0 saturated heterocycles. The number of benzene rings is 2. The molecule has 35 heavy (non-hydrogen) atoms. The van der Waals surface area contributed by atoms with Crippen molar-refractivity contribution in [3.63, 3.8) is 0 Å². The van der Waals surface area contributed by atoms with Gasteiger partial charge in [0.2, 0.25) is 21.8 Å². The number of likely N-dealkylation sites (N-methyl/N-ethyl adjacent to an activating group) is 1. The lowest BCUT2D eigenvalue weighted by Crippen LogP contribution is -2.51. The van der Waals surface area contributed by atoms with Crippen molar-refractivity contribution < 1.29 is 31.9 Å². The SMILES string of the molecule is CCNC(=O)[C@H](C)N(Cc1ccccc1F)C(=O)CN(c1ccc2c(c1)OCCO2)S(=O)(=O)CC. The van der Waals surface area contributed by atoms with Crippen LogP contribution in [0.2, 0.25) is 0 Å². The first kappa shape index (κ1) is 26.3. The number of hydrogen-bond donors (Lipinski definition) is 1. The summed E-state index contributed by atoms with van der Waals surface area (Å²) in [5, 5.41) is 2.65. The van der Waals surface area contributed by atoms with Gasteiger partial charge in [0, 0.05) is 24.7 Å². The van der Waals surface area contributed by atoms with Gasteiger partial charge >= 0.3 is 0 Å². The normalized spacial score (nSPS) is 13.6. The second kappa shape index (κ2) is 11.4. The highest BCUT2D eigenvalue weighted by molar-refractivity contribution is 7.92. The van der Waals surface area contributed by atoms with Crippen molar-refractivity contribution in [2.45, 2.75) is 33.4 Å². The third-order valence-electron chi connectivity index (χ3n) is 5.61. The van der Waals surface area contributed by atoms with Crippen LogP contribution in [0.3, 0.4) is 0 Å². The number of amides is 2. The highest BCUT2D eigenvalue weighted by Crippen LogP contribution is 2.35. The van der Waals surface area contributed by atoms with Gasteiger partial charge in [-0.1, -0.05) is 18.2 Å². The van der Waals surface area contributed by atoms with Gasteiger partial charge in [-0.2, -0.15) is 0 Å². The fraction of sp³-hybridized carbons (Fsp3) is 0.417. The number of sulfonamides is 1. The van der Waals surface area contributed by atoms with Crippen LogP contribution in [-0.2, 0) is 26.2 Å². The van der Waals surface area contributed by atoms with E-state index in [2.05, 4.69) is 5.32 Å². The Bertz CT molecular complexity index is 1170. The van der Waals surface area contributed by atoms with Crippen molar-refractivity contribution >= 4 is 27.5 Å². The van der Waals surface area contributed by atoms with Gasteiger partial charge in [0.05, 0.1) is 11.4 Å². The first-order valence-corrected chi connectivity index (χ1v) is 13.0. The van der Waals surface area contributed by atoms with E-state index < -0.39 is 40.2 Å². The molecule has 1 aliphatic heterocycles. The molecule has 11 heteroatoms. The zero-order valence-electron chi connectivity index (χ0n) is 20.0. The Morgan fingerprint density at radius 2 is 1.77 bits per heavy atom. The second-order valence-electron chi connectivity index (χ2n) is 7.92. The molecule has 1 N–H and O–H groups in total. The standard InChI is InChI=1S/C24H30FN3O6S/c1-4-26-24(30)17(3)27(15-18-8-6-7-9-20(18)25)23(29)16-28(35(31,32)5-2)19-10-11-21-22(14-19)34-13-12-33-21/h6-11,14,17H,4-5,12-13,15-16H2,1-3H3,(H,26,30)/t17-/m0/s1. The minimum absolute atomic E-state index is 0.203. The molecule has 0 bridgehead atoms. The Morgan fingerprint density at radius 1 is 1.09 bits per heavy atom. The summed E-state index contributed by atoms with van der Waals surface area (Å²) in [6, 6.07) is 9.58. The number of hydrogen-bond acceptors (Lipinski definition) is 6. The number of halogens is 1. The Kier molecular flexibility index (Phi) is 8.55. The van der Waals surface area contributed by atoms with E-state index in [1.165, 1.54) is 49.1 Å². The maximum atomic E-state index is 14.4. The molecular weight excluding hydrogens is 477 g/mol. The van der Waals surface area contributed by atoms with Crippen molar-refractivity contribution in [3.8, 4) is 11.5 Å². The minimum atomic E-state index is -3.89. The van der Waals surface area contributed by atoms with Crippen LogP contribution in [0.25, 0.3) is 0 Å². The van der Waals surface area contributed by atoms with E-state index >= 15 is 0 Å². The third-order valence-corrected chi connectivity index (χ3v) is 7.35. The molecule has 2 amide bonds. The molecule has 2 aromatic rings. The van der Waals surface area contributed by atoms with Crippen molar-refractivity contribution in [3.05, 3.63) is 53.8 Å². The number of carbonyl (C=O) groups is 2. The summed E-state index contributed by atoms with van der Waals surface area (Å²) < 4.78 is 52.4. The lowest BCUT2D eigenvalue weighted by Gasteiger charge is -2.32. The predicted octanol–water partition coefficient (Wildman–Crippen LogP) is 2.31. The lowest BCUT2D eigenvalue weighted by atomic mass is 10.1. The molecule has 2 aromatic carbocycles. The fourth-order valence-electron chi connectivity index (χ4n) is 3.62. The Labute approximate surface area is 204 Å². The van der Waals surface area contributed by atoms with E-state index in [1.807, 2.05) is 0 Å². The molecule has 1 atom stereocenters. The third kappa shape index (κ3) is 6.21. The molecule has 0 spiro atoms. The van der Waals surface area contributed by atoms with Crippen molar-refractivity contribution in [1.29, 1.82) is 0 Å². The molecule has 1 aliphatic rings. The summed E-state index contributed by atoms with van der Waals surface area (Å²) in [7, 11) is -3.89. The van der Waals surface area contributed by atoms with Gasteiger partial charge in [0.1, 0.15) is 31.6 Å². The summed E-state index contributed by atoms with van der Waals surface area (Å²) in [4.78, 5) is 27.3. The molecule has 0 fully saturated rings. The van der Waals surface area contributed by atoms with E-state index in [9.17, 15) is 22.4 Å². The molecular formula is C24H30FN3O6S. The first-order chi connectivity index (χ1) is 16.7. The number of ether oxygens (including phenoxy) is 2. The Hall–Kier alpha value is -3.34. The topological polar surface area (TPSA) is 105 Å². The van der Waals surface area contributed by atoms with Gasteiger partial charge in [-0.05, 0) is 39.0 Å². The Balaban J connectivity index is 1.96. The summed E-state index contributed by atoms with van der Waals surface area (Å²) in [5.74, 6) is -1.02. The first-order valence-electron chi connectivity index (χ1n) is 11.4. The molecule has 9 nitrogen and oxygen atoms in total. The van der Waals surface area contributed by atoms with Crippen LogP contribution < -0.4 is 19.1 Å². The van der Waals surface area contributed by atoms with Crippen LogP contribution in [0.5, 0.6) is 11.5 Å². The number of rotatable bonds is 10. The molecule has 0 aliphatic carbocycles. The maximum Gasteiger partial charge on any atom is 0.244 e. The van der Waals surface area contributed by atoms with Gasteiger partial charge < -0.3 is 19.7 Å². The van der Waals surface area contributed by atoms with Crippen LogP contribution in [-0.4, -0.2) is 63.2 Å². The molecule has 3 rings (SSSR count). The minimum Gasteiger partial charge on any atom is -0.486 e. The molecule has 190 valence electrons. The zero-order valence-corrected chi connectivity index (χ0v) is 20.8. The number of nitrogens with zero attached hydrogens (tertiary/aromatic N) is 2. The molecule has 0 aromatic heterocycles. The molecule has 0 unspecified atom stereocenters. The van der Waals surface area contributed by atoms with Crippen LogP contribution in [0.15, 0.2) is 42.5 Å². The van der Waals surface area contributed by atoms with E-state index in [1.54, 1.807) is 19.1 Å². The number of nitrogens with one attached hydrogen (secondary N) is 1. The van der Waals surface area contributed by atoms with Crippen molar-refractivity contribution in [2.24, 2.45) is 0 Å². The highest BCUT2D eigenvalue weighted by atomic mass is 32.2. The quantitative estimate of drug-likeness (QED) is 0.529. The molecule has 0 saturated carbocycles. The van der Waals surface area contributed by atoms with Gasteiger partial charge in [0.25, 0.3) is 0 Å². The van der Waals surface area contributed by atoms with Crippen LogP contribution in [0, 0.1) is 5.82 Å². The van der Waals surface area contributed by atoms with Gasteiger partial charge in [-0.15, -0.1) is 0 Å². The maximum absolute atomic E-state index is 14.4. The smallest absolute Gasteiger partial charge is 0.244 e. The van der Waals surface area contributed by atoms with E-state index in [4.69, 9.17) is 9.47 Å². The van der Waals surface area contributed by atoms with Crippen LogP contribution in [0.1, 0.15) is 26.3 Å².